The van der Waals surface area contributed by atoms with Crippen LogP contribution in [0.5, 0.6) is 0 Å². The van der Waals surface area contributed by atoms with Gasteiger partial charge in [-0.05, 0) is 38.1 Å². The van der Waals surface area contributed by atoms with Gasteiger partial charge >= 0.3 is 0 Å². The van der Waals surface area contributed by atoms with E-state index in [2.05, 4.69) is 47.6 Å². The van der Waals surface area contributed by atoms with Crippen molar-refractivity contribution in [3.63, 3.8) is 0 Å². The van der Waals surface area contributed by atoms with Crippen LogP contribution in [-0.2, 0) is 6.54 Å². The SMILES string of the molecule is CNCc1nncn1-c1cc(C)ccc1C. The van der Waals surface area contributed by atoms with Crippen molar-refractivity contribution < 1.29 is 0 Å². The van der Waals surface area contributed by atoms with Crippen LogP contribution >= 0.6 is 0 Å². The Morgan fingerprint density at radius 1 is 1.31 bits per heavy atom. The van der Waals surface area contributed by atoms with Crippen molar-refractivity contribution in [1.82, 2.24) is 20.1 Å². The van der Waals surface area contributed by atoms with Crippen molar-refractivity contribution in [2.45, 2.75) is 20.4 Å². The van der Waals surface area contributed by atoms with E-state index in [4.69, 9.17) is 0 Å². The lowest BCUT2D eigenvalue weighted by atomic mass is 10.1. The summed E-state index contributed by atoms with van der Waals surface area (Å²) in [4.78, 5) is 0. The van der Waals surface area contributed by atoms with Crippen LogP contribution in [0, 0.1) is 13.8 Å². The predicted octanol–water partition coefficient (Wildman–Crippen LogP) is 1.60. The summed E-state index contributed by atoms with van der Waals surface area (Å²) in [7, 11) is 1.90. The number of benzene rings is 1. The molecule has 84 valence electrons. The van der Waals surface area contributed by atoms with Gasteiger partial charge in [0.05, 0.1) is 12.2 Å². The average molecular weight is 216 g/mol. The van der Waals surface area contributed by atoms with Crippen LogP contribution < -0.4 is 5.32 Å². The Labute approximate surface area is 95.3 Å². The molecule has 16 heavy (non-hydrogen) atoms. The van der Waals surface area contributed by atoms with Crippen LogP contribution in [0.1, 0.15) is 17.0 Å². The van der Waals surface area contributed by atoms with E-state index >= 15 is 0 Å². The van der Waals surface area contributed by atoms with Gasteiger partial charge in [-0.3, -0.25) is 4.57 Å². The summed E-state index contributed by atoms with van der Waals surface area (Å²) in [5.41, 5.74) is 3.61. The van der Waals surface area contributed by atoms with E-state index < -0.39 is 0 Å². The number of hydrogen-bond donors (Lipinski definition) is 1. The molecule has 4 heteroatoms. The van der Waals surface area contributed by atoms with Gasteiger partial charge in [-0.2, -0.15) is 0 Å². The summed E-state index contributed by atoms with van der Waals surface area (Å²) in [5, 5.41) is 11.2. The third-order valence-electron chi connectivity index (χ3n) is 2.58. The van der Waals surface area contributed by atoms with Crippen molar-refractivity contribution in [2.24, 2.45) is 0 Å². The lowest BCUT2D eigenvalue weighted by Gasteiger charge is -2.10. The number of hydrogen-bond acceptors (Lipinski definition) is 3. The molecule has 0 saturated carbocycles. The fraction of sp³-hybridized carbons (Fsp3) is 0.333. The maximum atomic E-state index is 4.10. The highest BCUT2D eigenvalue weighted by Crippen LogP contribution is 2.16. The molecule has 4 nitrogen and oxygen atoms in total. The molecule has 0 aliphatic heterocycles. The molecule has 0 unspecified atom stereocenters. The van der Waals surface area contributed by atoms with Gasteiger partial charge in [0.15, 0.2) is 5.82 Å². The van der Waals surface area contributed by atoms with Crippen LogP contribution in [0.3, 0.4) is 0 Å². The fourth-order valence-corrected chi connectivity index (χ4v) is 1.72. The molecule has 1 aromatic carbocycles. The summed E-state index contributed by atoms with van der Waals surface area (Å²) >= 11 is 0. The molecule has 1 heterocycles. The second-order valence-electron chi connectivity index (χ2n) is 3.94. The van der Waals surface area contributed by atoms with Crippen LogP contribution in [0.4, 0.5) is 0 Å². The minimum absolute atomic E-state index is 0.716. The number of rotatable bonds is 3. The van der Waals surface area contributed by atoms with E-state index in [1.165, 1.54) is 11.1 Å². The smallest absolute Gasteiger partial charge is 0.151 e. The molecule has 1 N–H and O–H groups in total. The van der Waals surface area contributed by atoms with E-state index in [1.54, 1.807) is 6.33 Å². The minimum Gasteiger partial charge on any atom is -0.313 e. The topological polar surface area (TPSA) is 42.7 Å². The molecule has 0 atom stereocenters. The summed E-state index contributed by atoms with van der Waals surface area (Å²) in [6.45, 7) is 4.90. The van der Waals surface area contributed by atoms with Crippen molar-refractivity contribution in [1.29, 1.82) is 0 Å². The number of aryl methyl sites for hydroxylation is 2. The van der Waals surface area contributed by atoms with Gasteiger partial charge < -0.3 is 5.32 Å². The van der Waals surface area contributed by atoms with E-state index in [9.17, 15) is 0 Å². The van der Waals surface area contributed by atoms with Gasteiger partial charge in [0.2, 0.25) is 0 Å². The number of aromatic nitrogens is 3. The zero-order chi connectivity index (χ0) is 11.5. The Bertz CT molecular complexity index is 488. The molecule has 0 spiro atoms. The monoisotopic (exact) mass is 216 g/mol. The van der Waals surface area contributed by atoms with Gasteiger partial charge in [0.1, 0.15) is 6.33 Å². The standard InChI is InChI=1S/C12H16N4/c1-9-4-5-10(2)11(6-9)16-8-14-15-12(16)7-13-3/h4-6,8,13H,7H2,1-3H3. The molecule has 0 radical (unpaired) electrons. The van der Waals surface area contributed by atoms with E-state index in [-0.39, 0.29) is 0 Å². The Morgan fingerprint density at radius 3 is 2.88 bits per heavy atom. The van der Waals surface area contributed by atoms with Crippen molar-refractivity contribution in [2.75, 3.05) is 7.05 Å². The Morgan fingerprint density at radius 2 is 2.12 bits per heavy atom. The van der Waals surface area contributed by atoms with E-state index in [1.807, 2.05) is 11.6 Å². The summed E-state index contributed by atoms with van der Waals surface area (Å²) in [5.74, 6) is 0.927. The summed E-state index contributed by atoms with van der Waals surface area (Å²) in [6.07, 6.45) is 1.76. The largest absolute Gasteiger partial charge is 0.313 e. The van der Waals surface area contributed by atoms with Crippen LogP contribution in [0.15, 0.2) is 24.5 Å². The first-order valence-electron chi connectivity index (χ1n) is 5.33. The lowest BCUT2D eigenvalue weighted by Crippen LogP contribution is -2.11. The summed E-state index contributed by atoms with van der Waals surface area (Å²) < 4.78 is 2.03. The van der Waals surface area contributed by atoms with Crippen molar-refractivity contribution >= 4 is 0 Å². The van der Waals surface area contributed by atoms with Gasteiger partial charge in [0.25, 0.3) is 0 Å². The molecule has 0 bridgehead atoms. The first kappa shape index (κ1) is 10.8. The van der Waals surface area contributed by atoms with Crippen molar-refractivity contribution in [3.05, 3.63) is 41.5 Å². The van der Waals surface area contributed by atoms with Gasteiger partial charge in [0, 0.05) is 0 Å². The Kier molecular flexibility index (Phi) is 3.01. The molecule has 2 rings (SSSR count). The first-order chi connectivity index (χ1) is 7.72. The van der Waals surface area contributed by atoms with Crippen LogP contribution in [0.25, 0.3) is 5.69 Å². The van der Waals surface area contributed by atoms with Gasteiger partial charge in [-0.25, -0.2) is 0 Å². The van der Waals surface area contributed by atoms with Crippen LogP contribution in [0.2, 0.25) is 0 Å². The fourth-order valence-electron chi connectivity index (χ4n) is 1.72. The maximum Gasteiger partial charge on any atom is 0.151 e. The lowest BCUT2D eigenvalue weighted by molar-refractivity contribution is 0.736. The normalized spacial score (nSPS) is 10.7. The predicted molar refractivity (Wildman–Crippen MR) is 63.6 cm³/mol. The molecule has 2 aromatic rings. The zero-order valence-corrected chi connectivity index (χ0v) is 9.86. The highest BCUT2D eigenvalue weighted by molar-refractivity contribution is 5.43. The zero-order valence-electron chi connectivity index (χ0n) is 9.86. The van der Waals surface area contributed by atoms with Gasteiger partial charge in [-0.1, -0.05) is 12.1 Å². The third-order valence-corrected chi connectivity index (χ3v) is 2.58. The molecule has 0 amide bonds. The number of nitrogens with zero attached hydrogens (tertiary/aromatic N) is 3. The van der Waals surface area contributed by atoms with E-state index in [0.717, 1.165) is 11.5 Å². The molecule has 1 aromatic heterocycles. The molecule has 0 aliphatic carbocycles. The quantitative estimate of drug-likeness (QED) is 0.847. The minimum atomic E-state index is 0.716. The maximum absolute atomic E-state index is 4.10. The first-order valence-corrected chi connectivity index (χ1v) is 5.33. The van der Waals surface area contributed by atoms with Crippen LogP contribution in [-0.4, -0.2) is 21.8 Å². The van der Waals surface area contributed by atoms with Crippen molar-refractivity contribution in [3.8, 4) is 5.69 Å². The highest BCUT2D eigenvalue weighted by atomic mass is 15.3. The van der Waals surface area contributed by atoms with E-state index in [0.29, 0.717) is 6.54 Å². The molecule has 0 aliphatic rings. The van der Waals surface area contributed by atoms with Gasteiger partial charge in [-0.15, -0.1) is 10.2 Å². The third kappa shape index (κ3) is 1.97. The Balaban J connectivity index is 2.49. The molecular weight excluding hydrogens is 200 g/mol. The average Bonchev–Trinajstić information content (AvgIpc) is 2.70. The summed E-state index contributed by atoms with van der Waals surface area (Å²) in [6, 6.07) is 6.38. The molecular formula is C12H16N4. The second-order valence-corrected chi connectivity index (χ2v) is 3.94. The highest BCUT2D eigenvalue weighted by Gasteiger charge is 2.07. The number of nitrogens with one attached hydrogen (secondary N) is 1. The second kappa shape index (κ2) is 4.45. The Hall–Kier alpha value is -1.68. The molecule has 0 fully saturated rings. The molecule has 0 saturated heterocycles.